The number of carboxylic acids is 1. The third-order valence-corrected chi connectivity index (χ3v) is 2.96. The number of amides is 2. The van der Waals surface area contributed by atoms with Crippen molar-refractivity contribution >= 4 is 17.8 Å². The summed E-state index contributed by atoms with van der Waals surface area (Å²) >= 11 is 0. The van der Waals surface area contributed by atoms with Crippen molar-refractivity contribution in [3.63, 3.8) is 0 Å². The molecular formula is C11H18N3O4Y-. The molecule has 2 amide bonds. The summed E-state index contributed by atoms with van der Waals surface area (Å²) in [5, 5.41) is 11.1. The summed E-state index contributed by atoms with van der Waals surface area (Å²) in [7, 11) is 0. The van der Waals surface area contributed by atoms with Crippen LogP contribution in [0.25, 0.3) is 5.73 Å². The van der Waals surface area contributed by atoms with Gasteiger partial charge in [-0.3, -0.25) is 14.4 Å². The van der Waals surface area contributed by atoms with Crippen molar-refractivity contribution in [2.75, 3.05) is 6.54 Å². The number of nitrogens with one attached hydrogen (secondary N) is 2. The molecule has 0 aromatic carbocycles. The second-order valence-corrected chi connectivity index (χ2v) is 4.56. The Labute approximate surface area is 137 Å². The van der Waals surface area contributed by atoms with Gasteiger partial charge in [-0.1, -0.05) is 6.04 Å². The fourth-order valence-electron chi connectivity index (χ4n) is 1.90. The molecule has 3 atom stereocenters. The van der Waals surface area contributed by atoms with Crippen LogP contribution in [0.15, 0.2) is 0 Å². The molecule has 0 unspecified atom stereocenters. The van der Waals surface area contributed by atoms with Crippen molar-refractivity contribution < 1.29 is 52.2 Å². The van der Waals surface area contributed by atoms with E-state index in [1.807, 2.05) is 0 Å². The van der Waals surface area contributed by atoms with Crippen LogP contribution in [0.5, 0.6) is 0 Å². The summed E-state index contributed by atoms with van der Waals surface area (Å²) in [5.41, 5.74) is 7.44. The molecule has 1 aliphatic heterocycles. The zero-order valence-electron chi connectivity index (χ0n) is 11.0. The van der Waals surface area contributed by atoms with Crippen molar-refractivity contribution in [2.45, 2.75) is 44.8 Å². The van der Waals surface area contributed by atoms with Gasteiger partial charge in [-0.05, 0) is 20.3 Å². The van der Waals surface area contributed by atoms with E-state index in [9.17, 15) is 14.4 Å². The number of aliphatic carboxylic acids is 1. The van der Waals surface area contributed by atoms with E-state index in [0.29, 0.717) is 13.0 Å². The van der Waals surface area contributed by atoms with Crippen LogP contribution in [0.3, 0.4) is 0 Å². The molecule has 7 nitrogen and oxygen atoms in total. The molecule has 1 saturated heterocycles. The van der Waals surface area contributed by atoms with Crippen molar-refractivity contribution in [3.8, 4) is 0 Å². The number of rotatable bonds is 5. The van der Waals surface area contributed by atoms with Gasteiger partial charge in [0.05, 0.1) is 6.42 Å². The molecule has 19 heavy (non-hydrogen) atoms. The topological polar surface area (TPSA) is 111 Å². The van der Waals surface area contributed by atoms with Crippen molar-refractivity contribution in [1.29, 1.82) is 0 Å². The molecule has 3 N–H and O–H groups in total. The van der Waals surface area contributed by atoms with Gasteiger partial charge in [0.1, 0.15) is 6.04 Å². The molecule has 0 aromatic heterocycles. The van der Waals surface area contributed by atoms with E-state index in [2.05, 4.69) is 5.32 Å². The average Bonchev–Trinajstić information content (AvgIpc) is 2.57. The van der Waals surface area contributed by atoms with Gasteiger partial charge in [-0.25, -0.2) is 0 Å². The smallest absolute Gasteiger partial charge is 0.305 e. The molecule has 105 valence electrons. The Morgan fingerprint density at radius 1 is 1.53 bits per heavy atom. The van der Waals surface area contributed by atoms with Crippen LogP contribution < -0.4 is 5.32 Å². The minimum absolute atomic E-state index is 0. The molecule has 0 spiro atoms. The molecular weight excluding hydrogens is 327 g/mol. The number of carboxylic acid groups (broad SMARTS) is 1. The third kappa shape index (κ3) is 5.16. The summed E-state index contributed by atoms with van der Waals surface area (Å²) in [6, 6.07) is -1.93. The number of hydrogen-bond acceptors (Lipinski definition) is 3. The first-order valence-corrected chi connectivity index (χ1v) is 5.86. The van der Waals surface area contributed by atoms with E-state index in [-0.39, 0.29) is 50.9 Å². The van der Waals surface area contributed by atoms with Crippen LogP contribution in [-0.2, 0) is 47.1 Å². The molecule has 1 radical (unpaired) electrons. The largest absolute Gasteiger partial charge is 0.667 e. The van der Waals surface area contributed by atoms with Crippen LogP contribution in [0, 0.1) is 0 Å². The Bertz CT molecular complexity index is 364. The van der Waals surface area contributed by atoms with Crippen LogP contribution in [0.1, 0.15) is 26.7 Å². The Morgan fingerprint density at radius 3 is 2.53 bits per heavy atom. The maximum atomic E-state index is 11.8. The van der Waals surface area contributed by atoms with Gasteiger partial charge in [0, 0.05) is 45.3 Å². The van der Waals surface area contributed by atoms with Crippen LogP contribution in [0.4, 0.5) is 0 Å². The quantitative estimate of drug-likeness (QED) is 0.731. The molecule has 0 aliphatic carbocycles. The number of carbonyl (C=O) groups excluding carboxylic acids is 2. The van der Waals surface area contributed by atoms with Crippen molar-refractivity contribution in [3.05, 3.63) is 5.73 Å². The van der Waals surface area contributed by atoms with E-state index >= 15 is 0 Å². The van der Waals surface area contributed by atoms with Crippen LogP contribution in [-0.4, -0.2) is 52.5 Å². The predicted molar refractivity (Wildman–Crippen MR) is 63.8 cm³/mol. The molecule has 1 fully saturated rings. The van der Waals surface area contributed by atoms with Crippen LogP contribution >= 0.6 is 0 Å². The van der Waals surface area contributed by atoms with E-state index in [1.165, 1.54) is 4.90 Å². The molecule has 8 heteroatoms. The van der Waals surface area contributed by atoms with Gasteiger partial charge >= 0.3 is 5.97 Å². The van der Waals surface area contributed by atoms with Gasteiger partial charge in [0.2, 0.25) is 11.8 Å². The van der Waals surface area contributed by atoms with E-state index in [4.69, 9.17) is 10.8 Å². The summed E-state index contributed by atoms with van der Waals surface area (Å²) in [4.78, 5) is 35.2. The van der Waals surface area contributed by atoms with E-state index in [0.717, 1.165) is 0 Å². The number of nitrogens with zero attached hydrogens (tertiary/aromatic N) is 1. The fourth-order valence-corrected chi connectivity index (χ4v) is 1.90. The Balaban J connectivity index is 0.00000324. The summed E-state index contributed by atoms with van der Waals surface area (Å²) in [6.45, 7) is 3.57. The van der Waals surface area contributed by atoms with Gasteiger partial charge in [0.25, 0.3) is 0 Å². The Hall–Kier alpha value is -0.526. The molecule has 1 heterocycles. The maximum absolute atomic E-state index is 11.8. The zero-order valence-corrected chi connectivity index (χ0v) is 13.9. The minimum Gasteiger partial charge on any atom is -0.667 e. The molecule has 0 bridgehead atoms. The monoisotopic (exact) mass is 345 g/mol. The van der Waals surface area contributed by atoms with Crippen molar-refractivity contribution in [1.82, 2.24) is 10.2 Å². The molecule has 1 rings (SSSR count). The Kier molecular flexibility index (Phi) is 7.70. The third-order valence-electron chi connectivity index (χ3n) is 2.96. The summed E-state index contributed by atoms with van der Waals surface area (Å²) in [5.74, 6) is -1.71. The predicted octanol–water partition coefficient (Wildman–Crippen LogP) is 0.00490. The van der Waals surface area contributed by atoms with Gasteiger partial charge < -0.3 is 21.1 Å². The SMILES string of the molecule is C[C@H](CC(=O)O)NC(=O)[C@H](C)N1CC[C@H]([NH-])C1=O.[Y]. The van der Waals surface area contributed by atoms with E-state index < -0.39 is 24.1 Å². The molecule has 0 saturated carbocycles. The number of likely N-dealkylation sites (tertiary alicyclic amines) is 1. The second kappa shape index (κ2) is 7.92. The maximum Gasteiger partial charge on any atom is 0.305 e. The standard InChI is InChI=1S/C11H18N3O4.Y/c1-6(5-9(15)16)13-10(17)7(2)14-4-3-8(12)11(14)18;/h6-8,12H,3-5H2,1-2H3,(H,13,17)(H,15,16);/q-1;/t6-,7+,8+;/m1./s1. The second-order valence-electron chi connectivity index (χ2n) is 4.56. The zero-order chi connectivity index (χ0) is 13.9. The Morgan fingerprint density at radius 2 is 2.11 bits per heavy atom. The first kappa shape index (κ1) is 18.5. The van der Waals surface area contributed by atoms with Gasteiger partial charge in [-0.2, -0.15) is 0 Å². The summed E-state index contributed by atoms with van der Waals surface area (Å²) in [6.07, 6.45) is 0.272. The average molecular weight is 345 g/mol. The minimum atomic E-state index is -0.987. The molecule has 0 aromatic rings. The van der Waals surface area contributed by atoms with E-state index in [1.54, 1.807) is 13.8 Å². The first-order chi connectivity index (χ1) is 8.32. The summed E-state index contributed by atoms with van der Waals surface area (Å²) < 4.78 is 0. The number of carbonyl (C=O) groups is 3. The normalized spacial score (nSPS) is 21.5. The first-order valence-electron chi connectivity index (χ1n) is 5.86. The van der Waals surface area contributed by atoms with Crippen LogP contribution in [0.2, 0.25) is 0 Å². The van der Waals surface area contributed by atoms with Gasteiger partial charge in [-0.15, -0.1) is 0 Å². The molecule has 1 aliphatic rings. The van der Waals surface area contributed by atoms with Crippen molar-refractivity contribution in [2.24, 2.45) is 0 Å². The number of hydrogen-bond donors (Lipinski definition) is 2. The van der Waals surface area contributed by atoms with Gasteiger partial charge in [0.15, 0.2) is 0 Å². The fraction of sp³-hybridized carbons (Fsp3) is 0.727.